The molecule has 2 rings (SSSR count). The van der Waals surface area contributed by atoms with Gasteiger partial charge in [-0.3, -0.25) is 0 Å². The molecule has 3 nitrogen and oxygen atoms in total. The Kier molecular flexibility index (Phi) is 3.36. The maximum absolute atomic E-state index is 9.61. The van der Waals surface area contributed by atoms with Gasteiger partial charge in [0.25, 0.3) is 0 Å². The number of benzene rings is 1. The van der Waals surface area contributed by atoms with Crippen molar-refractivity contribution in [1.82, 2.24) is 5.32 Å². The highest BCUT2D eigenvalue weighted by Gasteiger charge is 2.32. The van der Waals surface area contributed by atoms with E-state index in [1.165, 1.54) is 5.56 Å². The quantitative estimate of drug-likeness (QED) is 0.682. The smallest absolute Gasteiger partial charge is 0.0719 e. The van der Waals surface area contributed by atoms with Gasteiger partial charge in [-0.15, -0.1) is 0 Å². The van der Waals surface area contributed by atoms with E-state index in [4.69, 9.17) is 0 Å². The van der Waals surface area contributed by atoms with Gasteiger partial charge in [-0.2, -0.15) is 0 Å². The number of rotatable bonds is 3. The standard InChI is InChI=1S/C12H17NO2/c14-10-6-7-11(15)12(10)13-8-9-4-2-1-3-5-9/h1-5,10-15H,6-8H2. The maximum atomic E-state index is 9.61. The fraction of sp³-hybridized carbons (Fsp3) is 0.500. The van der Waals surface area contributed by atoms with E-state index in [1.54, 1.807) is 0 Å². The Morgan fingerprint density at radius 1 is 1.07 bits per heavy atom. The summed E-state index contributed by atoms with van der Waals surface area (Å²) in [6.07, 6.45) is 0.550. The van der Waals surface area contributed by atoms with Crippen molar-refractivity contribution in [2.24, 2.45) is 0 Å². The molecule has 1 aliphatic carbocycles. The van der Waals surface area contributed by atoms with Crippen molar-refractivity contribution in [1.29, 1.82) is 0 Å². The molecule has 0 bridgehead atoms. The molecule has 15 heavy (non-hydrogen) atoms. The highest BCUT2D eigenvalue weighted by Crippen LogP contribution is 2.20. The zero-order valence-electron chi connectivity index (χ0n) is 8.63. The maximum Gasteiger partial charge on any atom is 0.0719 e. The fourth-order valence-corrected chi connectivity index (χ4v) is 2.06. The van der Waals surface area contributed by atoms with Crippen LogP contribution in [0.25, 0.3) is 0 Å². The van der Waals surface area contributed by atoms with Crippen LogP contribution < -0.4 is 5.32 Å². The summed E-state index contributed by atoms with van der Waals surface area (Å²) in [6, 6.07) is 9.83. The van der Waals surface area contributed by atoms with Gasteiger partial charge in [-0.1, -0.05) is 30.3 Å². The minimum atomic E-state index is -0.413. The lowest BCUT2D eigenvalue weighted by Gasteiger charge is -2.19. The molecule has 82 valence electrons. The number of nitrogens with one attached hydrogen (secondary N) is 1. The van der Waals surface area contributed by atoms with E-state index < -0.39 is 12.2 Å². The Labute approximate surface area is 89.8 Å². The van der Waals surface area contributed by atoms with Crippen LogP contribution in [0.4, 0.5) is 0 Å². The van der Waals surface area contributed by atoms with Crippen molar-refractivity contribution in [2.75, 3.05) is 0 Å². The van der Waals surface area contributed by atoms with E-state index in [9.17, 15) is 10.2 Å². The van der Waals surface area contributed by atoms with Crippen LogP contribution in [-0.2, 0) is 6.54 Å². The van der Waals surface area contributed by atoms with Gasteiger partial charge in [0.2, 0.25) is 0 Å². The molecule has 0 saturated heterocycles. The van der Waals surface area contributed by atoms with Crippen molar-refractivity contribution >= 4 is 0 Å². The molecule has 3 heteroatoms. The van der Waals surface area contributed by atoms with Gasteiger partial charge in [-0.05, 0) is 18.4 Å². The molecule has 1 aromatic rings. The summed E-state index contributed by atoms with van der Waals surface area (Å²) in [4.78, 5) is 0. The predicted molar refractivity (Wildman–Crippen MR) is 58.3 cm³/mol. The zero-order valence-corrected chi connectivity index (χ0v) is 8.63. The fourth-order valence-electron chi connectivity index (χ4n) is 2.06. The van der Waals surface area contributed by atoms with Gasteiger partial charge >= 0.3 is 0 Å². The molecule has 0 spiro atoms. The Balaban J connectivity index is 1.88. The summed E-state index contributed by atoms with van der Waals surface area (Å²) in [5.41, 5.74) is 1.17. The normalized spacial score (nSPS) is 30.7. The van der Waals surface area contributed by atoms with Gasteiger partial charge in [0.15, 0.2) is 0 Å². The first-order chi connectivity index (χ1) is 7.27. The number of aliphatic hydroxyl groups is 2. The molecule has 0 amide bonds. The van der Waals surface area contributed by atoms with Gasteiger partial charge in [0.05, 0.1) is 18.2 Å². The molecule has 0 aromatic heterocycles. The Bertz CT molecular complexity index is 292. The van der Waals surface area contributed by atoms with E-state index in [2.05, 4.69) is 5.32 Å². The summed E-state index contributed by atoms with van der Waals surface area (Å²) in [5, 5.41) is 22.4. The second-order valence-electron chi connectivity index (χ2n) is 4.10. The molecule has 0 radical (unpaired) electrons. The second-order valence-corrected chi connectivity index (χ2v) is 4.10. The number of hydrogen-bond acceptors (Lipinski definition) is 3. The molecule has 1 aliphatic rings. The van der Waals surface area contributed by atoms with Crippen molar-refractivity contribution in [3.63, 3.8) is 0 Å². The third-order valence-electron chi connectivity index (χ3n) is 2.97. The van der Waals surface area contributed by atoms with Crippen molar-refractivity contribution in [3.05, 3.63) is 35.9 Å². The van der Waals surface area contributed by atoms with E-state index >= 15 is 0 Å². The molecular formula is C12H17NO2. The molecule has 0 aliphatic heterocycles. The molecule has 2 atom stereocenters. The average molecular weight is 207 g/mol. The summed E-state index contributed by atoms with van der Waals surface area (Å²) >= 11 is 0. The van der Waals surface area contributed by atoms with Crippen LogP contribution in [0.1, 0.15) is 18.4 Å². The minimum absolute atomic E-state index is 0.176. The molecule has 2 unspecified atom stereocenters. The van der Waals surface area contributed by atoms with Crippen molar-refractivity contribution < 1.29 is 10.2 Å². The Morgan fingerprint density at radius 2 is 1.67 bits per heavy atom. The SMILES string of the molecule is OC1CCC(O)C1NCc1ccccc1. The Hall–Kier alpha value is -0.900. The summed E-state index contributed by atoms with van der Waals surface area (Å²) in [5.74, 6) is 0. The lowest BCUT2D eigenvalue weighted by Crippen LogP contribution is -2.42. The summed E-state index contributed by atoms with van der Waals surface area (Å²) in [6.45, 7) is 0.694. The lowest BCUT2D eigenvalue weighted by atomic mass is 10.1. The highest BCUT2D eigenvalue weighted by atomic mass is 16.3. The van der Waals surface area contributed by atoms with Crippen LogP contribution >= 0.6 is 0 Å². The van der Waals surface area contributed by atoms with E-state index in [0.29, 0.717) is 19.4 Å². The monoisotopic (exact) mass is 207 g/mol. The third kappa shape index (κ3) is 2.56. The van der Waals surface area contributed by atoms with Crippen LogP contribution in [0, 0.1) is 0 Å². The van der Waals surface area contributed by atoms with Gasteiger partial charge in [0, 0.05) is 6.54 Å². The molecular weight excluding hydrogens is 190 g/mol. The topological polar surface area (TPSA) is 52.5 Å². The second kappa shape index (κ2) is 4.75. The average Bonchev–Trinajstić information content (AvgIpc) is 2.58. The number of hydrogen-bond donors (Lipinski definition) is 3. The van der Waals surface area contributed by atoms with E-state index in [1.807, 2.05) is 30.3 Å². The molecule has 1 saturated carbocycles. The minimum Gasteiger partial charge on any atom is -0.391 e. The van der Waals surface area contributed by atoms with Gasteiger partial charge < -0.3 is 15.5 Å². The molecule has 1 aromatic carbocycles. The third-order valence-corrected chi connectivity index (χ3v) is 2.97. The van der Waals surface area contributed by atoms with Crippen LogP contribution in [0.3, 0.4) is 0 Å². The molecule has 0 heterocycles. The van der Waals surface area contributed by atoms with Crippen LogP contribution in [0.5, 0.6) is 0 Å². The molecule has 3 N–H and O–H groups in total. The van der Waals surface area contributed by atoms with Crippen LogP contribution in [0.2, 0.25) is 0 Å². The summed E-state index contributed by atoms with van der Waals surface area (Å²) in [7, 11) is 0. The first kappa shape index (κ1) is 10.6. The predicted octanol–water partition coefficient (Wildman–Crippen LogP) is 0.660. The summed E-state index contributed by atoms with van der Waals surface area (Å²) < 4.78 is 0. The first-order valence-electron chi connectivity index (χ1n) is 5.41. The van der Waals surface area contributed by atoms with Crippen LogP contribution in [0.15, 0.2) is 30.3 Å². The largest absolute Gasteiger partial charge is 0.391 e. The number of aliphatic hydroxyl groups excluding tert-OH is 2. The van der Waals surface area contributed by atoms with Gasteiger partial charge in [0.1, 0.15) is 0 Å². The molecule has 1 fully saturated rings. The highest BCUT2D eigenvalue weighted by molar-refractivity contribution is 5.14. The van der Waals surface area contributed by atoms with E-state index in [-0.39, 0.29) is 6.04 Å². The van der Waals surface area contributed by atoms with E-state index in [0.717, 1.165) is 0 Å². The Morgan fingerprint density at radius 3 is 2.27 bits per heavy atom. The zero-order chi connectivity index (χ0) is 10.7. The first-order valence-corrected chi connectivity index (χ1v) is 5.41. The van der Waals surface area contributed by atoms with Crippen molar-refractivity contribution in [2.45, 2.75) is 37.6 Å². The van der Waals surface area contributed by atoms with Crippen LogP contribution in [-0.4, -0.2) is 28.5 Å². The van der Waals surface area contributed by atoms with Gasteiger partial charge in [-0.25, -0.2) is 0 Å². The van der Waals surface area contributed by atoms with Crippen molar-refractivity contribution in [3.8, 4) is 0 Å². The lowest BCUT2D eigenvalue weighted by molar-refractivity contribution is 0.0892.